The van der Waals surface area contributed by atoms with E-state index in [1.165, 1.54) is 12.8 Å². The molecule has 1 aliphatic carbocycles. The average molecular weight is 209 g/mol. The fourth-order valence-corrected chi connectivity index (χ4v) is 2.79. The van der Waals surface area contributed by atoms with Gasteiger partial charge < -0.3 is 4.90 Å². The van der Waals surface area contributed by atoms with E-state index < -0.39 is 0 Å². The summed E-state index contributed by atoms with van der Waals surface area (Å²) in [6, 6.07) is 0. The molecule has 1 amide bonds. The molecule has 84 valence electrons. The Labute approximate surface area is 90.8 Å². The van der Waals surface area contributed by atoms with Crippen molar-refractivity contribution in [3.05, 3.63) is 0 Å². The normalized spacial score (nSPS) is 26.3. The molecular formula is C12H19NO2. The molecule has 1 aliphatic heterocycles. The Bertz CT molecular complexity index is 290. The molecule has 0 aromatic carbocycles. The monoisotopic (exact) mass is 209 g/mol. The van der Waals surface area contributed by atoms with Gasteiger partial charge in [0.05, 0.1) is 6.54 Å². The van der Waals surface area contributed by atoms with Gasteiger partial charge in [0.1, 0.15) is 0 Å². The van der Waals surface area contributed by atoms with E-state index in [-0.39, 0.29) is 23.1 Å². The van der Waals surface area contributed by atoms with E-state index in [4.69, 9.17) is 0 Å². The van der Waals surface area contributed by atoms with Gasteiger partial charge >= 0.3 is 0 Å². The van der Waals surface area contributed by atoms with Crippen molar-refractivity contribution in [1.82, 2.24) is 4.90 Å². The van der Waals surface area contributed by atoms with Crippen LogP contribution in [0.15, 0.2) is 0 Å². The van der Waals surface area contributed by atoms with E-state index in [2.05, 4.69) is 0 Å². The van der Waals surface area contributed by atoms with E-state index in [0.29, 0.717) is 13.0 Å². The first kappa shape index (κ1) is 10.7. The number of likely N-dealkylation sites (tertiary alicyclic amines) is 1. The maximum atomic E-state index is 12.2. The van der Waals surface area contributed by atoms with Crippen molar-refractivity contribution in [3.63, 3.8) is 0 Å². The quantitative estimate of drug-likeness (QED) is 0.660. The lowest BCUT2D eigenvalue weighted by Gasteiger charge is -2.32. The minimum absolute atomic E-state index is 0.190. The number of nitrogens with zero attached hydrogens (tertiary/aromatic N) is 1. The van der Waals surface area contributed by atoms with Crippen molar-refractivity contribution in [1.29, 1.82) is 0 Å². The van der Waals surface area contributed by atoms with Crippen LogP contribution in [0.25, 0.3) is 0 Å². The Hall–Kier alpha value is -0.860. The molecule has 2 rings (SSSR count). The van der Waals surface area contributed by atoms with Crippen LogP contribution in [0.4, 0.5) is 0 Å². The van der Waals surface area contributed by atoms with Gasteiger partial charge in [-0.3, -0.25) is 9.59 Å². The third kappa shape index (κ3) is 1.92. The molecule has 1 saturated carbocycles. The number of rotatable bonds is 1. The van der Waals surface area contributed by atoms with Gasteiger partial charge in [-0.2, -0.15) is 0 Å². The van der Waals surface area contributed by atoms with Crippen molar-refractivity contribution in [2.75, 3.05) is 6.54 Å². The Morgan fingerprint density at radius 2 is 1.93 bits per heavy atom. The first-order chi connectivity index (χ1) is 7.00. The van der Waals surface area contributed by atoms with Crippen molar-refractivity contribution in [2.24, 2.45) is 5.92 Å². The third-order valence-corrected chi connectivity index (χ3v) is 3.67. The molecule has 0 atom stereocenters. The van der Waals surface area contributed by atoms with Crippen LogP contribution in [-0.2, 0) is 9.59 Å². The minimum Gasteiger partial charge on any atom is -0.330 e. The second-order valence-electron chi connectivity index (χ2n) is 5.43. The largest absolute Gasteiger partial charge is 0.330 e. The van der Waals surface area contributed by atoms with Crippen LogP contribution in [0.2, 0.25) is 0 Å². The first-order valence-corrected chi connectivity index (χ1v) is 5.84. The standard InChI is InChI=1S/C12H19NO2/c1-12(2)7-10(14)8-13(12)11(15)9-5-3-4-6-9/h9H,3-8H2,1-2H3. The number of Topliss-reactive ketones (excluding diaryl/α,β-unsaturated/α-hetero) is 1. The fourth-order valence-electron chi connectivity index (χ4n) is 2.79. The van der Waals surface area contributed by atoms with Crippen LogP contribution >= 0.6 is 0 Å². The average Bonchev–Trinajstić information content (AvgIpc) is 2.71. The van der Waals surface area contributed by atoms with E-state index in [1.54, 1.807) is 4.90 Å². The van der Waals surface area contributed by atoms with Crippen molar-refractivity contribution < 1.29 is 9.59 Å². The highest BCUT2D eigenvalue weighted by atomic mass is 16.2. The zero-order valence-electron chi connectivity index (χ0n) is 9.58. The summed E-state index contributed by atoms with van der Waals surface area (Å²) >= 11 is 0. The van der Waals surface area contributed by atoms with Crippen LogP contribution in [0.1, 0.15) is 46.0 Å². The van der Waals surface area contributed by atoms with Crippen LogP contribution in [0, 0.1) is 5.92 Å². The molecule has 0 N–H and O–H groups in total. The van der Waals surface area contributed by atoms with Crippen molar-refractivity contribution in [2.45, 2.75) is 51.5 Å². The Morgan fingerprint density at radius 1 is 1.33 bits per heavy atom. The summed E-state index contributed by atoms with van der Waals surface area (Å²) in [5, 5.41) is 0. The minimum atomic E-state index is -0.253. The van der Waals surface area contributed by atoms with E-state index in [1.807, 2.05) is 13.8 Å². The molecule has 0 aromatic rings. The molecule has 3 nitrogen and oxygen atoms in total. The number of carbonyl (C=O) groups excluding carboxylic acids is 2. The third-order valence-electron chi connectivity index (χ3n) is 3.67. The number of hydrogen-bond donors (Lipinski definition) is 0. The van der Waals surface area contributed by atoms with E-state index in [9.17, 15) is 9.59 Å². The van der Waals surface area contributed by atoms with Gasteiger partial charge in [0.25, 0.3) is 0 Å². The summed E-state index contributed by atoms with van der Waals surface area (Å²) in [6.45, 7) is 4.32. The fraction of sp³-hybridized carbons (Fsp3) is 0.833. The highest BCUT2D eigenvalue weighted by molar-refractivity contribution is 5.92. The highest BCUT2D eigenvalue weighted by Gasteiger charge is 2.42. The van der Waals surface area contributed by atoms with Crippen LogP contribution in [0.5, 0.6) is 0 Å². The van der Waals surface area contributed by atoms with Gasteiger partial charge in [-0.25, -0.2) is 0 Å². The summed E-state index contributed by atoms with van der Waals surface area (Å²) < 4.78 is 0. The number of hydrogen-bond acceptors (Lipinski definition) is 2. The molecule has 3 heteroatoms. The van der Waals surface area contributed by atoms with Crippen LogP contribution in [0.3, 0.4) is 0 Å². The lowest BCUT2D eigenvalue weighted by Crippen LogP contribution is -2.45. The van der Waals surface area contributed by atoms with Crippen molar-refractivity contribution >= 4 is 11.7 Å². The van der Waals surface area contributed by atoms with Gasteiger partial charge in [-0.1, -0.05) is 12.8 Å². The number of ketones is 1. The smallest absolute Gasteiger partial charge is 0.226 e. The van der Waals surface area contributed by atoms with Gasteiger partial charge in [0.15, 0.2) is 5.78 Å². The zero-order chi connectivity index (χ0) is 11.1. The number of carbonyl (C=O) groups is 2. The molecule has 0 radical (unpaired) electrons. The Morgan fingerprint density at radius 3 is 2.40 bits per heavy atom. The number of amides is 1. The summed E-state index contributed by atoms with van der Waals surface area (Å²) in [5.74, 6) is 0.602. The highest BCUT2D eigenvalue weighted by Crippen LogP contribution is 2.32. The predicted molar refractivity (Wildman–Crippen MR) is 57.4 cm³/mol. The first-order valence-electron chi connectivity index (χ1n) is 5.84. The predicted octanol–water partition coefficient (Wildman–Crippen LogP) is 1.76. The van der Waals surface area contributed by atoms with Crippen LogP contribution in [-0.4, -0.2) is 28.7 Å². The molecule has 0 unspecified atom stereocenters. The summed E-state index contributed by atoms with van der Waals surface area (Å²) in [5.41, 5.74) is -0.253. The Kier molecular flexibility index (Phi) is 2.57. The molecule has 0 aromatic heterocycles. The van der Waals surface area contributed by atoms with Gasteiger partial charge in [0.2, 0.25) is 5.91 Å². The summed E-state index contributed by atoms with van der Waals surface area (Å²) in [7, 11) is 0. The Balaban J connectivity index is 2.09. The van der Waals surface area contributed by atoms with E-state index >= 15 is 0 Å². The topological polar surface area (TPSA) is 37.4 Å². The zero-order valence-corrected chi connectivity index (χ0v) is 9.58. The van der Waals surface area contributed by atoms with E-state index in [0.717, 1.165) is 12.8 Å². The lowest BCUT2D eigenvalue weighted by molar-refractivity contribution is -0.139. The molecular weight excluding hydrogens is 190 g/mol. The van der Waals surface area contributed by atoms with Gasteiger partial charge in [0, 0.05) is 17.9 Å². The molecule has 2 fully saturated rings. The molecule has 1 heterocycles. The van der Waals surface area contributed by atoms with Gasteiger partial charge in [-0.05, 0) is 26.7 Å². The molecule has 0 spiro atoms. The summed E-state index contributed by atoms with van der Waals surface area (Å²) in [6.07, 6.45) is 4.88. The second kappa shape index (κ2) is 3.62. The molecule has 1 saturated heterocycles. The van der Waals surface area contributed by atoms with Crippen molar-refractivity contribution in [3.8, 4) is 0 Å². The summed E-state index contributed by atoms with van der Waals surface area (Å²) in [4.78, 5) is 25.4. The maximum Gasteiger partial charge on any atom is 0.226 e. The molecule has 15 heavy (non-hydrogen) atoms. The molecule has 0 bridgehead atoms. The SMILES string of the molecule is CC1(C)CC(=O)CN1C(=O)C1CCCC1. The molecule has 2 aliphatic rings. The van der Waals surface area contributed by atoms with Crippen LogP contribution < -0.4 is 0 Å². The van der Waals surface area contributed by atoms with Gasteiger partial charge in [-0.15, -0.1) is 0 Å². The maximum absolute atomic E-state index is 12.2. The second-order valence-corrected chi connectivity index (χ2v) is 5.43. The lowest BCUT2D eigenvalue weighted by atomic mass is 9.99.